The standard InChI is InChI=1S/C11H27N5/c1-5-16(6-2)9-7-8-13-11(15-12)14-10(3)4/h10H,5-9,12H2,1-4H3,(H2,13,14,15). The van der Waals surface area contributed by atoms with Crippen molar-refractivity contribution in [2.45, 2.75) is 40.2 Å². The lowest BCUT2D eigenvalue weighted by Crippen LogP contribution is -2.44. The molecule has 0 radical (unpaired) electrons. The molecular formula is C11H27N5. The molecular weight excluding hydrogens is 202 g/mol. The molecule has 0 saturated heterocycles. The van der Waals surface area contributed by atoms with Crippen molar-refractivity contribution in [2.24, 2.45) is 10.8 Å². The summed E-state index contributed by atoms with van der Waals surface area (Å²) in [6.45, 7) is 12.6. The van der Waals surface area contributed by atoms with E-state index in [0.717, 1.165) is 32.6 Å². The Labute approximate surface area is 99.5 Å². The predicted octanol–water partition coefficient (Wildman–Crippen LogP) is 0.536. The van der Waals surface area contributed by atoms with Gasteiger partial charge in [-0.2, -0.15) is 0 Å². The first-order chi connectivity index (χ1) is 7.63. The van der Waals surface area contributed by atoms with Crippen LogP contribution in [-0.2, 0) is 0 Å². The van der Waals surface area contributed by atoms with Gasteiger partial charge < -0.3 is 10.2 Å². The molecule has 0 heterocycles. The first-order valence-corrected chi connectivity index (χ1v) is 6.13. The van der Waals surface area contributed by atoms with E-state index in [0.29, 0.717) is 12.0 Å². The van der Waals surface area contributed by atoms with Crippen molar-refractivity contribution in [1.29, 1.82) is 0 Å². The number of guanidine groups is 1. The molecule has 4 N–H and O–H groups in total. The Hall–Kier alpha value is -0.810. The van der Waals surface area contributed by atoms with Gasteiger partial charge in [0.05, 0.1) is 0 Å². The number of nitrogens with two attached hydrogens (primary N) is 1. The maximum atomic E-state index is 5.36. The number of aliphatic imine (C=N–C) groups is 1. The fraction of sp³-hybridized carbons (Fsp3) is 0.909. The van der Waals surface area contributed by atoms with E-state index in [-0.39, 0.29) is 0 Å². The summed E-state index contributed by atoms with van der Waals surface area (Å²) in [5.41, 5.74) is 2.57. The zero-order valence-corrected chi connectivity index (χ0v) is 11.1. The third kappa shape index (κ3) is 7.48. The van der Waals surface area contributed by atoms with E-state index in [9.17, 15) is 0 Å². The number of hydrogen-bond acceptors (Lipinski definition) is 3. The third-order valence-electron chi connectivity index (χ3n) is 2.36. The largest absolute Gasteiger partial charge is 0.353 e. The minimum atomic E-state index is 0.345. The monoisotopic (exact) mass is 229 g/mol. The molecule has 0 fully saturated rings. The SMILES string of the molecule is CCN(CC)CCCN=C(NN)NC(C)C. The van der Waals surface area contributed by atoms with Gasteiger partial charge in [0, 0.05) is 12.6 Å². The van der Waals surface area contributed by atoms with Crippen molar-refractivity contribution < 1.29 is 0 Å². The highest BCUT2D eigenvalue weighted by atomic mass is 15.3. The van der Waals surface area contributed by atoms with Crippen molar-refractivity contribution in [3.63, 3.8) is 0 Å². The Bertz CT molecular complexity index is 187. The molecule has 0 saturated carbocycles. The summed E-state index contributed by atoms with van der Waals surface area (Å²) in [5.74, 6) is 6.04. The smallest absolute Gasteiger partial charge is 0.205 e. The van der Waals surface area contributed by atoms with Gasteiger partial charge in [-0.25, -0.2) is 5.84 Å². The van der Waals surface area contributed by atoms with Gasteiger partial charge in [-0.3, -0.25) is 10.4 Å². The van der Waals surface area contributed by atoms with Gasteiger partial charge in [-0.05, 0) is 39.9 Å². The van der Waals surface area contributed by atoms with E-state index >= 15 is 0 Å². The number of hydrazine groups is 1. The lowest BCUT2D eigenvalue weighted by molar-refractivity contribution is 0.302. The van der Waals surface area contributed by atoms with E-state index in [1.165, 1.54) is 0 Å². The third-order valence-corrected chi connectivity index (χ3v) is 2.36. The average molecular weight is 229 g/mol. The van der Waals surface area contributed by atoms with Crippen molar-refractivity contribution in [3.8, 4) is 0 Å². The van der Waals surface area contributed by atoms with Crippen LogP contribution in [0.15, 0.2) is 4.99 Å². The van der Waals surface area contributed by atoms with E-state index in [4.69, 9.17) is 5.84 Å². The van der Waals surface area contributed by atoms with Crippen LogP contribution in [-0.4, -0.2) is 43.1 Å². The van der Waals surface area contributed by atoms with Crippen LogP contribution in [0.2, 0.25) is 0 Å². The fourth-order valence-electron chi connectivity index (χ4n) is 1.43. The van der Waals surface area contributed by atoms with Crippen molar-refractivity contribution in [1.82, 2.24) is 15.6 Å². The summed E-state index contributed by atoms with van der Waals surface area (Å²) >= 11 is 0. The molecule has 0 atom stereocenters. The molecule has 16 heavy (non-hydrogen) atoms. The first kappa shape index (κ1) is 15.2. The molecule has 0 aliphatic heterocycles. The molecule has 0 spiro atoms. The Balaban J connectivity index is 3.78. The number of nitrogens with one attached hydrogen (secondary N) is 2. The molecule has 0 aliphatic rings. The fourth-order valence-corrected chi connectivity index (χ4v) is 1.43. The summed E-state index contributed by atoms with van der Waals surface area (Å²) in [6.07, 6.45) is 1.06. The van der Waals surface area contributed by atoms with Gasteiger partial charge in [0.2, 0.25) is 5.96 Å². The highest BCUT2D eigenvalue weighted by Crippen LogP contribution is 1.91. The summed E-state index contributed by atoms with van der Waals surface area (Å²) in [6, 6.07) is 0.345. The minimum Gasteiger partial charge on any atom is -0.353 e. The van der Waals surface area contributed by atoms with E-state index in [1.807, 2.05) is 0 Å². The summed E-state index contributed by atoms with van der Waals surface area (Å²) < 4.78 is 0. The molecule has 0 amide bonds. The predicted molar refractivity (Wildman–Crippen MR) is 70.3 cm³/mol. The summed E-state index contributed by atoms with van der Waals surface area (Å²) in [4.78, 5) is 6.76. The van der Waals surface area contributed by atoms with Crippen LogP contribution in [0.1, 0.15) is 34.1 Å². The normalized spacial score (nSPS) is 12.3. The van der Waals surface area contributed by atoms with Crippen molar-refractivity contribution in [3.05, 3.63) is 0 Å². The highest BCUT2D eigenvalue weighted by molar-refractivity contribution is 5.79. The van der Waals surface area contributed by atoms with Crippen LogP contribution in [0.4, 0.5) is 0 Å². The lowest BCUT2D eigenvalue weighted by Gasteiger charge is -2.17. The van der Waals surface area contributed by atoms with Crippen molar-refractivity contribution in [2.75, 3.05) is 26.2 Å². The molecule has 5 nitrogen and oxygen atoms in total. The average Bonchev–Trinajstić information content (AvgIpc) is 2.27. The van der Waals surface area contributed by atoms with Crippen LogP contribution in [0.3, 0.4) is 0 Å². The second-order valence-electron chi connectivity index (χ2n) is 4.05. The maximum Gasteiger partial charge on any atom is 0.205 e. The molecule has 0 aromatic carbocycles. The van der Waals surface area contributed by atoms with Crippen LogP contribution >= 0.6 is 0 Å². The number of rotatable bonds is 7. The van der Waals surface area contributed by atoms with Crippen LogP contribution in [0.25, 0.3) is 0 Å². The lowest BCUT2D eigenvalue weighted by atomic mass is 10.3. The zero-order chi connectivity index (χ0) is 12.4. The van der Waals surface area contributed by atoms with Gasteiger partial charge in [0.25, 0.3) is 0 Å². The molecule has 0 aromatic heterocycles. The van der Waals surface area contributed by atoms with Gasteiger partial charge in [0.1, 0.15) is 0 Å². The Kier molecular flexibility index (Phi) is 8.94. The van der Waals surface area contributed by atoms with Crippen LogP contribution in [0, 0.1) is 0 Å². The van der Waals surface area contributed by atoms with Crippen LogP contribution < -0.4 is 16.6 Å². The number of nitrogens with zero attached hydrogens (tertiary/aromatic N) is 2. The molecule has 5 heteroatoms. The molecule has 0 rings (SSSR count). The summed E-state index contributed by atoms with van der Waals surface area (Å²) in [7, 11) is 0. The topological polar surface area (TPSA) is 65.7 Å². The quantitative estimate of drug-likeness (QED) is 0.196. The molecule has 0 bridgehead atoms. The molecule has 0 aliphatic carbocycles. The highest BCUT2D eigenvalue weighted by Gasteiger charge is 1.99. The molecule has 96 valence electrons. The van der Waals surface area contributed by atoms with Crippen LogP contribution in [0.5, 0.6) is 0 Å². The maximum absolute atomic E-state index is 5.36. The van der Waals surface area contributed by atoms with Gasteiger partial charge >= 0.3 is 0 Å². The Morgan fingerprint density at radius 2 is 1.94 bits per heavy atom. The Morgan fingerprint density at radius 1 is 1.31 bits per heavy atom. The molecule has 0 unspecified atom stereocenters. The summed E-state index contributed by atoms with van der Waals surface area (Å²) in [5, 5.41) is 3.15. The van der Waals surface area contributed by atoms with Gasteiger partial charge in [0.15, 0.2) is 0 Å². The van der Waals surface area contributed by atoms with Gasteiger partial charge in [-0.1, -0.05) is 13.8 Å². The minimum absolute atomic E-state index is 0.345. The number of hydrogen-bond donors (Lipinski definition) is 3. The second kappa shape index (κ2) is 9.42. The van der Waals surface area contributed by atoms with E-state index in [1.54, 1.807) is 0 Å². The molecule has 0 aromatic rings. The van der Waals surface area contributed by atoms with E-state index in [2.05, 4.69) is 48.3 Å². The first-order valence-electron chi connectivity index (χ1n) is 6.13. The van der Waals surface area contributed by atoms with Crippen molar-refractivity contribution >= 4 is 5.96 Å². The second-order valence-corrected chi connectivity index (χ2v) is 4.05. The van der Waals surface area contributed by atoms with Gasteiger partial charge in [-0.15, -0.1) is 0 Å². The van der Waals surface area contributed by atoms with E-state index < -0.39 is 0 Å². The Morgan fingerprint density at radius 3 is 2.38 bits per heavy atom. The zero-order valence-electron chi connectivity index (χ0n) is 11.1.